The Kier molecular flexibility index (Phi) is 6.73. The molecule has 1 heterocycles. The summed E-state index contributed by atoms with van der Waals surface area (Å²) in [7, 11) is -0.740. The zero-order valence-corrected chi connectivity index (χ0v) is 11.7. The Hall–Kier alpha value is -0.420. The largest absolute Gasteiger partial charge is 0.342 e. The zero-order chi connectivity index (χ0) is 12.7. The van der Waals surface area contributed by atoms with Crippen molar-refractivity contribution in [3.8, 4) is 0 Å². The minimum Gasteiger partial charge on any atom is -0.342 e. The fourth-order valence-electron chi connectivity index (χ4n) is 1.96. The van der Waals surface area contributed by atoms with Gasteiger partial charge in [0.1, 0.15) is 0 Å². The summed E-state index contributed by atoms with van der Waals surface area (Å²) in [6.45, 7) is 4.27. The SMILES string of the molecule is CC(CCS(C)=O)NCC(=O)N1CCCCC1. The lowest BCUT2D eigenvalue weighted by atomic mass is 10.1. The van der Waals surface area contributed by atoms with Gasteiger partial charge < -0.3 is 10.2 Å². The van der Waals surface area contributed by atoms with Gasteiger partial charge in [-0.05, 0) is 32.6 Å². The molecular formula is C12H24N2O2S. The maximum atomic E-state index is 11.8. The first kappa shape index (κ1) is 14.6. The second-order valence-electron chi connectivity index (χ2n) is 4.79. The highest BCUT2D eigenvalue weighted by Crippen LogP contribution is 2.08. The van der Waals surface area contributed by atoms with E-state index in [4.69, 9.17) is 0 Å². The molecule has 1 N–H and O–H groups in total. The topological polar surface area (TPSA) is 49.4 Å². The third-order valence-electron chi connectivity index (χ3n) is 3.15. The highest BCUT2D eigenvalue weighted by molar-refractivity contribution is 7.84. The van der Waals surface area contributed by atoms with Crippen LogP contribution in [0.2, 0.25) is 0 Å². The second-order valence-corrected chi connectivity index (χ2v) is 6.34. The van der Waals surface area contributed by atoms with Crippen molar-refractivity contribution < 1.29 is 9.00 Å². The number of likely N-dealkylation sites (tertiary alicyclic amines) is 1. The van der Waals surface area contributed by atoms with Gasteiger partial charge in [0.25, 0.3) is 0 Å². The first-order valence-corrected chi connectivity index (χ1v) is 8.13. The zero-order valence-electron chi connectivity index (χ0n) is 10.9. The molecule has 17 heavy (non-hydrogen) atoms. The van der Waals surface area contributed by atoms with Crippen LogP contribution >= 0.6 is 0 Å². The van der Waals surface area contributed by atoms with Crippen molar-refractivity contribution in [3.05, 3.63) is 0 Å². The summed E-state index contributed by atoms with van der Waals surface area (Å²) < 4.78 is 10.9. The molecule has 0 aromatic rings. The Morgan fingerprint density at radius 3 is 2.59 bits per heavy atom. The Balaban J connectivity index is 2.15. The van der Waals surface area contributed by atoms with Crippen molar-refractivity contribution in [2.24, 2.45) is 0 Å². The smallest absolute Gasteiger partial charge is 0.236 e. The van der Waals surface area contributed by atoms with E-state index in [-0.39, 0.29) is 11.9 Å². The van der Waals surface area contributed by atoms with Gasteiger partial charge in [-0.25, -0.2) is 0 Å². The van der Waals surface area contributed by atoms with Gasteiger partial charge in [0.2, 0.25) is 5.91 Å². The lowest BCUT2D eigenvalue weighted by molar-refractivity contribution is -0.131. The number of hydrogen-bond acceptors (Lipinski definition) is 3. The predicted octanol–water partition coefficient (Wildman–Crippen LogP) is 0.746. The lowest BCUT2D eigenvalue weighted by Crippen LogP contribution is -2.43. The molecular weight excluding hydrogens is 236 g/mol. The minimum atomic E-state index is -0.740. The molecule has 5 heteroatoms. The first-order chi connectivity index (χ1) is 8.09. The van der Waals surface area contributed by atoms with Crippen molar-refractivity contribution >= 4 is 16.7 Å². The molecule has 4 nitrogen and oxygen atoms in total. The number of rotatable bonds is 6. The highest BCUT2D eigenvalue weighted by atomic mass is 32.2. The summed E-state index contributed by atoms with van der Waals surface area (Å²) in [5.41, 5.74) is 0. The summed E-state index contributed by atoms with van der Waals surface area (Å²) in [5.74, 6) is 0.903. The van der Waals surface area contributed by atoms with E-state index in [1.165, 1.54) is 6.42 Å². The van der Waals surface area contributed by atoms with Crippen molar-refractivity contribution in [2.45, 2.75) is 38.6 Å². The van der Waals surface area contributed by atoms with E-state index in [0.717, 1.165) is 32.4 Å². The van der Waals surface area contributed by atoms with Gasteiger partial charge in [0, 0.05) is 41.9 Å². The van der Waals surface area contributed by atoms with Gasteiger partial charge in [-0.1, -0.05) is 0 Å². The van der Waals surface area contributed by atoms with Crippen LogP contribution in [0.3, 0.4) is 0 Å². The van der Waals surface area contributed by atoms with Crippen molar-refractivity contribution in [3.63, 3.8) is 0 Å². The molecule has 1 aliphatic rings. The Morgan fingerprint density at radius 1 is 1.35 bits per heavy atom. The molecule has 1 amide bonds. The quantitative estimate of drug-likeness (QED) is 0.766. The predicted molar refractivity (Wildman–Crippen MR) is 71.4 cm³/mol. The molecule has 0 aromatic heterocycles. The van der Waals surface area contributed by atoms with E-state index in [1.54, 1.807) is 6.26 Å². The Labute approximate surface area is 107 Å². The summed E-state index contributed by atoms with van der Waals surface area (Å²) in [6, 6.07) is 0.257. The summed E-state index contributed by atoms with van der Waals surface area (Å²) in [4.78, 5) is 13.8. The molecule has 100 valence electrons. The molecule has 0 saturated carbocycles. The fraction of sp³-hybridized carbons (Fsp3) is 0.917. The third-order valence-corrected chi connectivity index (χ3v) is 3.96. The Bertz CT molecular complexity index is 265. The van der Waals surface area contributed by atoms with Gasteiger partial charge in [0.15, 0.2) is 0 Å². The molecule has 1 fully saturated rings. The molecule has 0 aliphatic carbocycles. The maximum Gasteiger partial charge on any atom is 0.236 e. The molecule has 0 bridgehead atoms. The van der Waals surface area contributed by atoms with E-state index in [1.807, 2.05) is 11.8 Å². The van der Waals surface area contributed by atoms with E-state index in [2.05, 4.69) is 5.32 Å². The van der Waals surface area contributed by atoms with Crippen LogP contribution in [0.1, 0.15) is 32.6 Å². The van der Waals surface area contributed by atoms with Crippen LogP contribution in [0.25, 0.3) is 0 Å². The Morgan fingerprint density at radius 2 is 2.00 bits per heavy atom. The van der Waals surface area contributed by atoms with Crippen molar-refractivity contribution in [2.75, 3.05) is 31.6 Å². The lowest BCUT2D eigenvalue weighted by Gasteiger charge is -2.27. The molecule has 1 rings (SSSR count). The highest BCUT2D eigenvalue weighted by Gasteiger charge is 2.16. The summed E-state index contributed by atoms with van der Waals surface area (Å²) in [5, 5.41) is 3.21. The van der Waals surface area contributed by atoms with Crippen LogP contribution in [0.5, 0.6) is 0 Å². The molecule has 0 spiro atoms. The molecule has 0 aromatic carbocycles. The van der Waals surface area contributed by atoms with Gasteiger partial charge in [-0.15, -0.1) is 0 Å². The molecule has 1 aliphatic heterocycles. The van der Waals surface area contributed by atoms with E-state index in [9.17, 15) is 9.00 Å². The van der Waals surface area contributed by atoms with Crippen LogP contribution in [0, 0.1) is 0 Å². The number of piperidine rings is 1. The van der Waals surface area contributed by atoms with Crippen LogP contribution in [0.15, 0.2) is 0 Å². The normalized spacial score (nSPS) is 20.0. The van der Waals surface area contributed by atoms with E-state index >= 15 is 0 Å². The summed E-state index contributed by atoms with van der Waals surface area (Å²) >= 11 is 0. The number of carbonyl (C=O) groups is 1. The van der Waals surface area contributed by atoms with E-state index in [0.29, 0.717) is 12.3 Å². The van der Waals surface area contributed by atoms with Crippen LogP contribution in [-0.4, -0.2) is 52.7 Å². The first-order valence-electron chi connectivity index (χ1n) is 6.41. The average Bonchev–Trinajstić information content (AvgIpc) is 2.34. The van der Waals surface area contributed by atoms with Crippen LogP contribution < -0.4 is 5.32 Å². The van der Waals surface area contributed by atoms with Crippen LogP contribution in [-0.2, 0) is 15.6 Å². The second kappa shape index (κ2) is 7.82. The average molecular weight is 260 g/mol. The molecule has 1 saturated heterocycles. The standard InChI is InChI=1S/C12H24N2O2S/c1-11(6-9-17(2)16)13-10-12(15)14-7-4-3-5-8-14/h11,13H,3-10H2,1-2H3. The van der Waals surface area contributed by atoms with Crippen molar-refractivity contribution in [1.82, 2.24) is 10.2 Å². The number of nitrogens with one attached hydrogen (secondary N) is 1. The maximum absolute atomic E-state index is 11.8. The van der Waals surface area contributed by atoms with Crippen LogP contribution in [0.4, 0.5) is 0 Å². The summed E-state index contributed by atoms with van der Waals surface area (Å²) in [6.07, 6.45) is 6.09. The number of hydrogen-bond donors (Lipinski definition) is 1. The molecule has 0 radical (unpaired) electrons. The van der Waals surface area contributed by atoms with Gasteiger partial charge in [-0.3, -0.25) is 9.00 Å². The number of amides is 1. The molecule has 2 unspecified atom stereocenters. The minimum absolute atomic E-state index is 0.203. The van der Waals surface area contributed by atoms with E-state index < -0.39 is 10.8 Å². The van der Waals surface area contributed by atoms with Gasteiger partial charge in [0.05, 0.1) is 6.54 Å². The third kappa shape index (κ3) is 6.17. The monoisotopic (exact) mass is 260 g/mol. The van der Waals surface area contributed by atoms with Gasteiger partial charge >= 0.3 is 0 Å². The van der Waals surface area contributed by atoms with Crippen molar-refractivity contribution in [1.29, 1.82) is 0 Å². The number of nitrogens with zero attached hydrogens (tertiary/aromatic N) is 1. The van der Waals surface area contributed by atoms with Gasteiger partial charge in [-0.2, -0.15) is 0 Å². The molecule has 2 atom stereocenters. The fourth-order valence-corrected chi connectivity index (χ4v) is 2.65. The number of carbonyl (C=O) groups excluding carboxylic acids is 1.